The van der Waals surface area contributed by atoms with Gasteiger partial charge < -0.3 is 15.5 Å². The van der Waals surface area contributed by atoms with Gasteiger partial charge in [-0.05, 0) is 36.8 Å². The van der Waals surface area contributed by atoms with Crippen LogP contribution in [0.2, 0.25) is 0 Å². The maximum absolute atomic E-state index is 12.9. The number of carbonyl (C=O) groups is 2. The number of carboxylic acid groups (broad SMARTS) is 1. The first-order valence-electron chi connectivity index (χ1n) is 8.87. The third kappa shape index (κ3) is 4.20. The summed E-state index contributed by atoms with van der Waals surface area (Å²) in [6.07, 6.45) is 0.177. The number of aliphatic carboxylic acids is 1. The second-order valence-electron chi connectivity index (χ2n) is 6.85. The summed E-state index contributed by atoms with van der Waals surface area (Å²) in [5.41, 5.74) is 0.811. The Hall–Kier alpha value is -3.60. The number of hydrogen-bond donors (Lipinski definition) is 3. The normalized spacial score (nSPS) is 12.8. The van der Waals surface area contributed by atoms with Gasteiger partial charge in [0.15, 0.2) is 5.78 Å². The molecule has 0 spiro atoms. The van der Waals surface area contributed by atoms with Gasteiger partial charge in [0.05, 0.1) is 0 Å². The summed E-state index contributed by atoms with van der Waals surface area (Å²) in [5, 5.41) is 22.3. The predicted molar refractivity (Wildman–Crippen MR) is 108 cm³/mol. The number of carboxylic acids is 1. The van der Waals surface area contributed by atoms with E-state index in [-0.39, 0.29) is 18.0 Å². The number of phenolic OH excluding ortho intramolecular Hbond substituents is 1. The summed E-state index contributed by atoms with van der Waals surface area (Å²) in [6.45, 7) is 1.58. The Morgan fingerprint density at radius 3 is 2.14 bits per heavy atom. The highest BCUT2D eigenvalue weighted by Crippen LogP contribution is 2.26. The molecule has 1 atom stereocenters. The van der Waals surface area contributed by atoms with Crippen LogP contribution in [0.3, 0.4) is 0 Å². The number of benzene rings is 3. The lowest BCUT2D eigenvalue weighted by atomic mass is 9.91. The van der Waals surface area contributed by atoms with E-state index in [0.717, 1.165) is 5.56 Å². The molecule has 0 aliphatic carbocycles. The highest BCUT2D eigenvalue weighted by Gasteiger charge is 2.34. The van der Waals surface area contributed by atoms with E-state index in [0.29, 0.717) is 16.8 Å². The molecule has 0 aliphatic heterocycles. The Morgan fingerprint density at radius 2 is 1.50 bits per heavy atom. The number of para-hydroxylation sites is 1. The van der Waals surface area contributed by atoms with Gasteiger partial charge in [-0.25, -0.2) is 4.79 Å². The number of nitrogens with one attached hydrogen (secondary N) is 1. The number of rotatable bonds is 7. The quantitative estimate of drug-likeness (QED) is 0.541. The molecule has 5 heteroatoms. The molecule has 0 bridgehead atoms. The van der Waals surface area contributed by atoms with Crippen molar-refractivity contribution < 1.29 is 19.8 Å². The lowest BCUT2D eigenvalue weighted by Gasteiger charge is -2.28. The topological polar surface area (TPSA) is 86.6 Å². The zero-order chi connectivity index (χ0) is 20.1. The van der Waals surface area contributed by atoms with Crippen molar-refractivity contribution in [2.75, 3.05) is 5.32 Å². The van der Waals surface area contributed by atoms with Crippen LogP contribution >= 0.6 is 0 Å². The van der Waals surface area contributed by atoms with Gasteiger partial charge >= 0.3 is 5.97 Å². The van der Waals surface area contributed by atoms with Crippen LogP contribution in [0.5, 0.6) is 5.75 Å². The third-order valence-corrected chi connectivity index (χ3v) is 4.58. The molecule has 0 aromatic heterocycles. The molecule has 142 valence electrons. The zero-order valence-corrected chi connectivity index (χ0v) is 15.4. The smallest absolute Gasteiger partial charge is 0.329 e. The summed E-state index contributed by atoms with van der Waals surface area (Å²) in [6, 6.07) is 22.2. The van der Waals surface area contributed by atoms with Crippen LogP contribution < -0.4 is 5.32 Å². The molecule has 3 rings (SSSR count). The molecule has 28 heavy (non-hydrogen) atoms. The molecule has 0 saturated carbocycles. The van der Waals surface area contributed by atoms with Crippen LogP contribution in [0.15, 0.2) is 78.9 Å². The first kappa shape index (κ1) is 19.2. The molecule has 3 N–H and O–H groups in total. The van der Waals surface area contributed by atoms with E-state index in [9.17, 15) is 19.8 Å². The standard InChI is InChI=1S/C23H21NO4/c1-23(22(27)28,15-16-11-13-18(25)14-12-16)24-20-10-6-5-9-19(20)21(26)17-7-3-2-4-8-17/h2-14,24-25H,15H2,1H3,(H,27,28). The monoisotopic (exact) mass is 375 g/mol. The second-order valence-corrected chi connectivity index (χ2v) is 6.85. The Kier molecular flexibility index (Phi) is 5.45. The minimum Gasteiger partial charge on any atom is -0.508 e. The van der Waals surface area contributed by atoms with Crippen molar-refractivity contribution in [3.63, 3.8) is 0 Å². The minimum atomic E-state index is -1.34. The molecule has 0 amide bonds. The van der Waals surface area contributed by atoms with E-state index in [1.54, 1.807) is 67.6 Å². The fourth-order valence-corrected chi connectivity index (χ4v) is 3.03. The zero-order valence-electron chi connectivity index (χ0n) is 15.4. The van der Waals surface area contributed by atoms with Crippen LogP contribution in [0, 0.1) is 0 Å². The predicted octanol–water partition coefficient (Wildman–Crippen LogP) is 4.12. The number of aromatic hydroxyl groups is 1. The minimum absolute atomic E-state index is 0.118. The van der Waals surface area contributed by atoms with E-state index >= 15 is 0 Å². The van der Waals surface area contributed by atoms with Crippen LogP contribution in [0.25, 0.3) is 0 Å². The van der Waals surface area contributed by atoms with Crippen LogP contribution in [0.1, 0.15) is 28.4 Å². The molecular formula is C23H21NO4. The van der Waals surface area contributed by atoms with E-state index in [1.807, 2.05) is 6.07 Å². The van der Waals surface area contributed by atoms with Gasteiger partial charge in [0.25, 0.3) is 0 Å². The largest absolute Gasteiger partial charge is 0.508 e. The second kappa shape index (κ2) is 7.96. The molecule has 0 aliphatic rings. The number of carbonyl (C=O) groups excluding carboxylic acids is 1. The highest BCUT2D eigenvalue weighted by molar-refractivity contribution is 6.12. The summed E-state index contributed by atoms with van der Waals surface area (Å²) >= 11 is 0. The molecule has 0 saturated heterocycles. The van der Waals surface area contributed by atoms with Crippen molar-refractivity contribution in [3.8, 4) is 5.75 Å². The van der Waals surface area contributed by atoms with Gasteiger partial charge in [0, 0.05) is 23.2 Å². The van der Waals surface area contributed by atoms with Gasteiger partial charge in [-0.15, -0.1) is 0 Å². The summed E-state index contributed by atoms with van der Waals surface area (Å²) < 4.78 is 0. The Balaban J connectivity index is 1.93. The molecule has 3 aromatic carbocycles. The van der Waals surface area contributed by atoms with Crippen LogP contribution in [-0.2, 0) is 11.2 Å². The van der Waals surface area contributed by atoms with E-state index < -0.39 is 11.5 Å². The lowest BCUT2D eigenvalue weighted by molar-refractivity contribution is -0.141. The Labute approximate surface area is 163 Å². The Morgan fingerprint density at radius 1 is 0.893 bits per heavy atom. The molecule has 1 unspecified atom stereocenters. The maximum atomic E-state index is 12.9. The molecule has 3 aromatic rings. The van der Waals surface area contributed by atoms with Crippen LogP contribution in [0.4, 0.5) is 5.69 Å². The van der Waals surface area contributed by atoms with Crippen molar-refractivity contribution in [3.05, 3.63) is 95.6 Å². The summed E-state index contributed by atoms with van der Waals surface area (Å²) in [7, 11) is 0. The van der Waals surface area contributed by atoms with Crippen molar-refractivity contribution in [2.24, 2.45) is 0 Å². The van der Waals surface area contributed by atoms with E-state index in [1.165, 1.54) is 12.1 Å². The molecule has 0 radical (unpaired) electrons. The number of phenols is 1. The van der Waals surface area contributed by atoms with Gasteiger partial charge in [-0.1, -0.05) is 54.6 Å². The fourth-order valence-electron chi connectivity index (χ4n) is 3.03. The van der Waals surface area contributed by atoms with Crippen molar-refractivity contribution in [1.29, 1.82) is 0 Å². The summed E-state index contributed by atoms with van der Waals surface area (Å²) in [4.78, 5) is 25.0. The van der Waals surface area contributed by atoms with Crippen molar-refractivity contribution in [2.45, 2.75) is 18.9 Å². The SMILES string of the molecule is CC(Cc1ccc(O)cc1)(Nc1ccccc1C(=O)c1ccccc1)C(=O)O. The van der Waals surface area contributed by atoms with E-state index in [2.05, 4.69) is 5.32 Å². The molecule has 0 heterocycles. The summed E-state index contributed by atoms with van der Waals surface area (Å²) in [5.74, 6) is -1.10. The van der Waals surface area contributed by atoms with Crippen molar-refractivity contribution in [1.82, 2.24) is 0 Å². The highest BCUT2D eigenvalue weighted by atomic mass is 16.4. The number of hydrogen-bond acceptors (Lipinski definition) is 4. The first-order chi connectivity index (χ1) is 13.4. The van der Waals surface area contributed by atoms with Crippen molar-refractivity contribution >= 4 is 17.4 Å². The first-order valence-corrected chi connectivity index (χ1v) is 8.87. The van der Waals surface area contributed by atoms with E-state index in [4.69, 9.17) is 0 Å². The van der Waals surface area contributed by atoms with Crippen LogP contribution in [-0.4, -0.2) is 27.5 Å². The Bertz CT molecular complexity index is 983. The van der Waals surface area contributed by atoms with Gasteiger partial charge in [0.2, 0.25) is 0 Å². The fraction of sp³-hybridized carbons (Fsp3) is 0.130. The lowest BCUT2D eigenvalue weighted by Crippen LogP contribution is -2.45. The molecule has 5 nitrogen and oxygen atoms in total. The third-order valence-electron chi connectivity index (χ3n) is 4.58. The maximum Gasteiger partial charge on any atom is 0.329 e. The average Bonchev–Trinajstić information content (AvgIpc) is 2.70. The van der Waals surface area contributed by atoms with Gasteiger partial charge in [-0.2, -0.15) is 0 Å². The molecule has 0 fully saturated rings. The number of ketones is 1. The molecular weight excluding hydrogens is 354 g/mol. The number of anilines is 1. The average molecular weight is 375 g/mol. The van der Waals surface area contributed by atoms with Gasteiger partial charge in [-0.3, -0.25) is 4.79 Å². The van der Waals surface area contributed by atoms with Gasteiger partial charge in [0.1, 0.15) is 11.3 Å².